The minimum Gasteiger partial charge on any atom is -0.360 e. The molecule has 32 heavy (non-hydrogen) atoms. The summed E-state index contributed by atoms with van der Waals surface area (Å²) in [6, 6.07) is 5.87. The van der Waals surface area contributed by atoms with Crippen LogP contribution in [-0.4, -0.2) is 51.9 Å². The van der Waals surface area contributed by atoms with Crippen molar-refractivity contribution in [3.63, 3.8) is 0 Å². The number of benzene rings is 1. The predicted octanol–water partition coefficient (Wildman–Crippen LogP) is 1.84. The van der Waals surface area contributed by atoms with Crippen LogP contribution in [0, 0.1) is 0 Å². The summed E-state index contributed by atoms with van der Waals surface area (Å²) in [5.74, 6) is 0.872. The summed E-state index contributed by atoms with van der Waals surface area (Å²) in [5.41, 5.74) is 0.936. The van der Waals surface area contributed by atoms with Crippen LogP contribution in [0.4, 0.5) is 0 Å². The number of carbonyl (C=O) groups is 1. The number of aromatic amines is 2. The first-order chi connectivity index (χ1) is 15.4. The number of amides is 1. The molecule has 168 valence electrons. The van der Waals surface area contributed by atoms with Crippen LogP contribution in [0.15, 0.2) is 38.5 Å². The second-order valence-corrected chi connectivity index (χ2v) is 10.9. The van der Waals surface area contributed by atoms with Gasteiger partial charge in [-0.1, -0.05) is 5.16 Å². The molecule has 4 heterocycles. The van der Waals surface area contributed by atoms with Gasteiger partial charge in [0.2, 0.25) is 10.0 Å². The highest BCUT2D eigenvalue weighted by Crippen LogP contribution is 2.41. The number of fused-ring (bicyclic) bond motifs is 3. The summed E-state index contributed by atoms with van der Waals surface area (Å²) in [6.45, 7) is 0. The average Bonchev–Trinajstić information content (AvgIpc) is 3.23. The van der Waals surface area contributed by atoms with E-state index in [1.165, 1.54) is 12.1 Å². The molecule has 3 fully saturated rings. The van der Waals surface area contributed by atoms with Crippen molar-refractivity contribution in [2.45, 2.75) is 67.5 Å². The smallest absolute Gasteiger partial charge is 0.323 e. The number of H-pyrrole nitrogens is 2. The van der Waals surface area contributed by atoms with E-state index in [1.54, 1.807) is 16.4 Å². The van der Waals surface area contributed by atoms with Gasteiger partial charge in [-0.05, 0) is 56.7 Å². The molecule has 3 atom stereocenters. The summed E-state index contributed by atoms with van der Waals surface area (Å²) in [6.07, 6.45) is 4.76. The number of nitrogens with zero attached hydrogens (tertiary/aromatic N) is 2. The molecule has 3 N–H and O–H groups in total. The number of aromatic nitrogens is 3. The van der Waals surface area contributed by atoms with Crippen molar-refractivity contribution in [1.82, 2.24) is 24.7 Å². The maximum Gasteiger partial charge on any atom is 0.323 e. The molecule has 2 aliphatic heterocycles. The molecule has 1 amide bonds. The zero-order chi connectivity index (χ0) is 22.0. The zero-order valence-electron chi connectivity index (χ0n) is 17.2. The van der Waals surface area contributed by atoms with Crippen LogP contribution in [0.2, 0.25) is 0 Å². The number of hydrogen-bond acceptors (Lipinski definition) is 6. The first kappa shape index (κ1) is 19.7. The Kier molecular flexibility index (Phi) is 4.34. The lowest BCUT2D eigenvalue weighted by molar-refractivity contribution is 0.0900. The molecule has 2 aromatic heterocycles. The Morgan fingerprint density at radius 1 is 1.06 bits per heavy atom. The van der Waals surface area contributed by atoms with Crippen molar-refractivity contribution < 1.29 is 17.7 Å². The normalized spacial score (nSPS) is 25.9. The van der Waals surface area contributed by atoms with Gasteiger partial charge in [-0.25, -0.2) is 13.2 Å². The predicted molar refractivity (Wildman–Crippen MR) is 114 cm³/mol. The SMILES string of the molecule is O=C(NC1C[C@H]2CC[C@@H](C1)N2S(=O)(=O)c1ccc2[nH]c(=O)[nH]c2c1)c1cc(C2CC2)on1. The van der Waals surface area contributed by atoms with E-state index in [0.29, 0.717) is 29.8 Å². The van der Waals surface area contributed by atoms with Crippen LogP contribution in [0.3, 0.4) is 0 Å². The molecule has 2 bridgehead atoms. The van der Waals surface area contributed by atoms with Gasteiger partial charge >= 0.3 is 5.69 Å². The number of hydrogen-bond donors (Lipinski definition) is 3. The highest BCUT2D eigenvalue weighted by Gasteiger charge is 2.47. The van der Waals surface area contributed by atoms with E-state index in [9.17, 15) is 18.0 Å². The second-order valence-electron chi connectivity index (χ2n) is 9.04. The van der Waals surface area contributed by atoms with Crippen molar-refractivity contribution >= 4 is 27.0 Å². The van der Waals surface area contributed by atoms with Gasteiger partial charge in [-0.15, -0.1) is 0 Å². The van der Waals surface area contributed by atoms with E-state index in [-0.39, 0.29) is 40.3 Å². The van der Waals surface area contributed by atoms with Crippen LogP contribution in [0.25, 0.3) is 11.0 Å². The van der Waals surface area contributed by atoms with E-state index >= 15 is 0 Å². The molecule has 3 aliphatic rings. The fourth-order valence-electron chi connectivity index (χ4n) is 5.15. The summed E-state index contributed by atoms with van der Waals surface area (Å²) in [7, 11) is -3.73. The van der Waals surface area contributed by atoms with Crippen LogP contribution >= 0.6 is 0 Å². The summed E-state index contributed by atoms with van der Waals surface area (Å²) >= 11 is 0. The Labute approximate surface area is 183 Å². The van der Waals surface area contributed by atoms with E-state index < -0.39 is 10.0 Å². The third-order valence-electron chi connectivity index (χ3n) is 6.80. The molecule has 11 heteroatoms. The van der Waals surface area contributed by atoms with Gasteiger partial charge in [-0.2, -0.15) is 4.31 Å². The van der Waals surface area contributed by atoms with Crippen molar-refractivity contribution in [1.29, 1.82) is 0 Å². The maximum absolute atomic E-state index is 13.4. The Bertz CT molecular complexity index is 1350. The van der Waals surface area contributed by atoms with Crippen LogP contribution in [-0.2, 0) is 10.0 Å². The number of imidazole rings is 1. The summed E-state index contributed by atoms with van der Waals surface area (Å²) in [5, 5.41) is 6.92. The largest absolute Gasteiger partial charge is 0.360 e. The molecule has 6 rings (SSSR count). The number of nitrogens with one attached hydrogen (secondary N) is 3. The quantitative estimate of drug-likeness (QED) is 0.534. The number of sulfonamides is 1. The standard InChI is InChI=1S/C21H23N5O5S/c27-20(18-10-19(31-25-18)11-1-2-11)22-12-7-13-3-4-14(8-12)26(13)32(29,30)15-5-6-16-17(9-15)24-21(28)23-16/h5-6,9-14H,1-4,7-8H2,(H,22,27)(H2,23,24,28)/t12?,13-,14+. The monoisotopic (exact) mass is 457 g/mol. The van der Waals surface area contributed by atoms with E-state index in [2.05, 4.69) is 20.4 Å². The minimum atomic E-state index is -3.73. The van der Waals surface area contributed by atoms with E-state index in [0.717, 1.165) is 31.4 Å². The van der Waals surface area contributed by atoms with Gasteiger partial charge in [0.25, 0.3) is 5.91 Å². The Morgan fingerprint density at radius 2 is 1.78 bits per heavy atom. The van der Waals surface area contributed by atoms with Crippen LogP contribution in [0.1, 0.15) is 60.7 Å². The van der Waals surface area contributed by atoms with E-state index in [1.807, 2.05) is 0 Å². The third-order valence-corrected chi connectivity index (χ3v) is 8.81. The molecular weight excluding hydrogens is 434 g/mol. The van der Waals surface area contributed by atoms with Gasteiger partial charge in [0, 0.05) is 30.1 Å². The van der Waals surface area contributed by atoms with Crippen LogP contribution < -0.4 is 11.0 Å². The van der Waals surface area contributed by atoms with Crippen molar-refractivity contribution in [2.24, 2.45) is 0 Å². The fourth-order valence-corrected chi connectivity index (χ4v) is 7.07. The summed E-state index contributed by atoms with van der Waals surface area (Å²) in [4.78, 5) is 29.5. The number of piperidine rings is 1. The van der Waals surface area contributed by atoms with Crippen molar-refractivity contribution in [3.05, 3.63) is 46.2 Å². The molecule has 10 nitrogen and oxygen atoms in total. The van der Waals surface area contributed by atoms with Gasteiger partial charge < -0.3 is 19.8 Å². The first-order valence-electron chi connectivity index (χ1n) is 10.9. The van der Waals surface area contributed by atoms with Crippen molar-refractivity contribution in [2.75, 3.05) is 0 Å². The highest BCUT2D eigenvalue weighted by molar-refractivity contribution is 7.89. The van der Waals surface area contributed by atoms with Gasteiger partial charge in [0.1, 0.15) is 5.76 Å². The van der Waals surface area contributed by atoms with E-state index in [4.69, 9.17) is 4.52 Å². The third kappa shape index (κ3) is 3.27. The molecule has 0 radical (unpaired) electrons. The second kappa shape index (κ2) is 7.04. The molecule has 1 unspecified atom stereocenters. The maximum atomic E-state index is 13.4. The molecule has 0 spiro atoms. The topological polar surface area (TPSA) is 141 Å². The summed E-state index contributed by atoms with van der Waals surface area (Å²) < 4.78 is 33.7. The zero-order valence-corrected chi connectivity index (χ0v) is 18.0. The lowest BCUT2D eigenvalue weighted by Crippen LogP contribution is -2.52. The Hall–Kier alpha value is -2.92. The first-order valence-corrected chi connectivity index (χ1v) is 12.4. The molecule has 2 saturated heterocycles. The molecule has 3 aromatic rings. The molecular formula is C21H23N5O5S. The molecule has 1 saturated carbocycles. The average molecular weight is 458 g/mol. The minimum absolute atomic E-state index is 0.115. The molecule has 1 aliphatic carbocycles. The number of carbonyl (C=O) groups excluding carboxylic acids is 1. The lowest BCUT2D eigenvalue weighted by atomic mass is 9.99. The number of rotatable bonds is 5. The fraction of sp³-hybridized carbons (Fsp3) is 0.476. The Balaban J connectivity index is 1.19. The van der Waals surface area contributed by atoms with Gasteiger partial charge in [0.05, 0.1) is 15.9 Å². The lowest BCUT2D eigenvalue weighted by Gasteiger charge is -2.38. The van der Waals surface area contributed by atoms with Crippen LogP contribution in [0.5, 0.6) is 0 Å². The van der Waals surface area contributed by atoms with Gasteiger partial charge in [-0.3, -0.25) is 4.79 Å². The highest BCUT2D eigenvalue weighted by atomic mass is 32.2. The van der Waals surface area contributed by atoms with Crippen molar-refractivity contribution in [3.8, 4) is 0 Å². The Morgan fingerprint density at radius 3 is 2.50 bits per heavy atom. The van der Waals surface area contributed by atoms with Gasteiger partial charge in [0.15, 0.2) is 5.69 Å². The molecule has 1 aromatic carbocycles.